The van der Waals surface area contributed by atoms with Crippen molar-refractivity contribution in [2.75, 3.05) is 32.6 Å². The molecule has 0 aliphatic rings. The van der Waals surface area contributed by atoms with Crippen molar-refractivity contribution in [2.45, 2.75) is 12.8 Å². The molecule has 1 amide bonds. The molecule has 0 aliphatic heterocycles. The Kier molecular flexibility index (Phi) is 5.95. The number of anilines is 1. The smallest absolute Gasteiger partial charge is 0.261 e. The number of carbonyl (C=O) groups is 1. The fourth-order valence-corrected chi connectivity index (χ4v) is 4.50. The van der Waals surface area contributed by atoms with E-state index in [0.717, 1.165) is 27.7 Å². The number of rotatable bonds is 7. The van der Waals surface area contributed by atoms with E-state index in [9.17, 15) is 4.79 Å². The van der Waals surface area contributed by atoms with E-state index in [1.807, 2.05) is 67.5 Å². The Bertz CT molecular complexity index is 1180. The Morgan fingerprint density at radius 3 is 2.52 bits per heavy atom. The highest BCUT2D eigenvalue weighted by atomic mass is 32.1. The van der Waals surface area contributed by atoms with Crippen LogP contribution in [0.5, 0.6) is 5.75 Å². The normalized spacial score (nSPS) is 12.0. The Labute approximate surface area is 186 Å². The molecule has 31 heavy (non-hydrogen) atoms. The number of ether oxygens (including phenoxy) is 1. The van der Waals surface area contributed by atoms with Gasteiger partial charge in [-0.1, -0.05) is 37.3 Å². The maximum absolute atomic E-state index is 12.8. The molecular weight excluding hydrogens is 408 g/mol. The predicted octanol–water partition coefficient (Wildman–Crippen LogP) is 4.70. The summed E-state index contributed by atoms with van der Waals surface area (Å²) in [5.41, 5.74) is 2.99. The average Bonchev–Trinajstić information content (AvgIpc) is 3.36. The molecule has 6 nitrogen and oxygen atoms in total. The lowest BCUT2D eigenvalue weighted by atomic mass is 10.0. The maximum atomic E-state index is 12.8. The van der Waals surface area contributed by atoms with Crippen molar-refractivity contribution in [3.8, 4) is 11.4 Å². The topological polar surface area (TPSA) is 59.4 Å². The van der Waals surface area contributed by atoms with Crippen LogP contribution in [0, 0.1) is 0 Å². The first-order valence-corrected chi connectivity index (χ1v) is 11.0. The van der Waals surface area contributed by atoms with Crippen LogP contribution in [0.4, 0.5) is 5.95 Å². The minimum atomic E-state index is -0.0709. The number of nitrogens with one attached hydrogen (secondary N) is 1. The lowest BCUT2D eigenvalue weighted by Crippen LogP contribution is -2.26. The molecule has 7 heteroatoms. The Morgan fingerprint density at radius 2 is 1.87 bits per heavy atom. The molecule has 0 unspecified atom stereocenters. The van der Waals surface area contributed by atoms with Gasteiger partial charge >= 0.3 is 0 Å². The molecule has 0 radical (unpaired) electrons. The lowest BCUT2D eigenvalue weighted by Gasteiger charge is -2.15. The highest BCUT2D eigenvalue weighted by Gasteiger charge is 2.20. The van der Waals surface area contributed by atoms with Gasteiger partial charge in [0.15, 0.2) is 0 Å². The summed E-state index contributed by atoms with van der Waals surface area (Å²) in [6.07, 6.45) is 0. The van der Waals surface area contributed by atoms with Crippen molar-refractivity contribution in [1.29, 1.82) is 0 Å². The van der Waals surface area contributed by atoms with E-state index in [0.29, 0.717) is 11.4 Å². The molecule has 2 aromatic carbocycles. The molecule has 0 spiro atoms. The molecule has 2 heterocycles. The molecule has 160 valence electrons. The van der Waals surface area contributed by atoms with Crippen LogP contribution in [-0.4, -0.2) is 43.2 Å². The van der Waals surface area contributed by atoms with Crippen molar-refractivity contribution in [3.63, 3.8) is 0 Å². The standard InChI is InChI=1S/C24H26N4O2S/c1-16(17-8-6-5-7-9-17)15-25-22(29)21-14-20-23(31-21)28(24(26-20)27(2)3)18-10-12-19(30-4)13-11-18/h5-14,16H,15H2,1-4H3,(H,25,29)/t16-/m0/s1. The summed E-state index contributed by atoms with van der Waals surface area (Å²) >= 11 is 1.45. The second-order valence-electron chi connectivity index (χ2n) is 7.66. The number of hydrogen-bond donors (Lipinski definition) is 1. The van der Waals surface area contributed by atoms with Crippen LogP contribution in [0.25, 0.3) is 16.0 Å². The van der Waals surface area contributed by atoms with Crippen LogP contribution < -0.4 is 15.0 Å². The first-order valence-electron chi connectivity index (χ1n) is 10.1. The Balaban J connectivity index is 1.60. The van der Waals surface area contributed by atoms with Crippen molar-refractivity contribution < 1.29 is 9.53 Å². The summed E-state index contributed by atoms with van der Waals surface area (Å²) in [5, 5.41) is 3.07. The number of nitrogens with zero attached hydrogens (tertiary/aromatic N) is 3. The van der Waals surface area contributed by atoms with Gasteiger partial charge in [-0.25, -0.2) is 4.98 Å². The maximum Gasteiger partial charge on any atom is 0.261 e. The van der Waals surface area contributed by atoms with E-state index >= 15 is 0 Å². The number of benzene rings is 2. The van der Waals surface area contributed by atoms with Crippen molar-refractivity contribution in [2.24, 2.45) is 0 Å². The van der Waals surface area contributed by atoms with Crippen molar-refractivity contribution in [3.05, 3.63) is 71.1 Å². The fourth-order valence-electron chi connectivity index (χ4n) is 3.47. The van der Waals surface area contributed by atoms with Crippen LogP contribution in [0.15, 0.2) is 60.7 Å². The summed E-state index contributed by atoms with van der Waals surface area (Å²) in [6, 6.07) is 19.9. The van der Waals surface area contributed by atoms with Crippen LogP contribution >= 0.6 is 11.3 Å². The van der Waals surface area contributed by atoms with Crippen LogP contribution in [-0.2, 0) is 0 Å². The highest BCUT2D eigenvalue weighted by Crippen LogP contribution is 2.33. The zero-order chi connectivity index (χ0) is 22.0. The second kappa shape index (κ2) is 8.81. The highest BCUT2D eigenvalue weighted by molar-refractivity contribution is 7.20. The molecular formula is C24H26N4O2S. The van der Waals surface area contributed by atoms with Gasteiger partial charge in [0.1, 0.15) is 16.1 Å². The van der Waals surface area contributed by atoms with Gasteiger partial charge in [-0.05, 0) is 41.8 Å². The van der Waals surface area contributed by atoms with Gasteiger partial charge < -0.3 is 15.0 Å². The minimum absolute atomic E-state index is 0.0709. The first kappa shape index (κ1) is 20.9. The molecule has 4 aromatic rings. The number of aromatic nitrogens is 2. The van der Waals surface area contributed by atoms with Crippen LogP contribution in [0.1, 0.15) is 28.1 Å². The summed E-state index contributed by atoms with van der Waals surface area (Å²) in [5.74, 6) is 1.78. The second-order valence-corrected chi connectivity index (χ2v) is 8.69. The number of methoxy groups -OCH3 is 1. The molecule has 0 saturated carbocycles. The zero-order valence-electron chi connectivity index (χ0n) is 18.1. The number of fused-ring (bicyclic) bond motifs is 1. The third-order valence-electron chi connectivity index (χ3n) is 5.21. The van der Waals surface area contributed by atoms with E-state index in [1.165, 1.54) is 16.9 Å². The van der Waals surface area contributed by atoms with Crippen molar-refractivity contribution in [1.82, 2.24) is 14.9 Å². The Hall–Kier alpha value is -3.32. The molecule has 0 saturated heterocycles. The summed E-state index contributed by atoms with van der Waals surface area (Å²) in [6.45, 7) is 2.70. The van der Waals surface area contributed by atoms with E-state index in [1.54, 1.807) is 7.11 Å². The van der Waals surface area contributed by atoms with Gasteiger partial charge in [-0.2, -0.15) is 0 Å². The number of hydrogen-bond acceptors (Lipinski definition) is 5. The molecule has 0 aliphatic carbocycles. The largest absolute Gasteiger partial charge is 0.497 e. The zero-order valence-corrected chi connectivity index (χ0v) is 18.9. The van der Waals surface area contributed by atoms with E-state index in [4.69, 9.17) is 9.72 Å². The lowest BCUT2D eigenvalue weighted by molar-refractivity contribution is 0.0955. The number of thiophene rings is 1. The molecule has 0 fully saturated rings. The fraction of sp³-hybridized carbons (Fsp3) is 0.250. The monoisotopic (exact) mass is 434 g/mol. The van der Waals surface area contributed by atoms with Gasteiger partial charge in [0.2, 0.25) is 5.95 Å². The quantitative estimate of drug-likeness (QED) is 0.458. The van der Waals surface area contributed by atoms with Gasteiger partial charge in [-0.3, -0.25) is 9.36 Å². The van der Waals surface area contributed by atoms with Crippen molar-refractivity contribution >= 4 is 33.5 Å². The number of amides is 1. The van der Waals surface area contributed by atoms with Crippen LogP contribution in [0.3, 0.4) is 0 Å². The van der Waals surface area contributed by atoms with E-state index in [2.05, 4.69) is 28.9 Å². The third-order valence-corrected chi connectivity index (χ3v) is 6.32. The third kappa shape index (κ3) is 4.27. The first-order chi connectivity index (χ1) is 15.0. The van der Waals surface area contributed by atoms with E-state index in [-0.39, 0.29) is 11.8 Å². The van der Waals surface area contributed by atoms with Gasteiger partial charge in [0.25, 0.3) is 5.91 Å². The molecule has 1 atom stereocenters. The van der Waals surface area contributed by atoms with Gasteiger partial charge in [0.05, 0.1) is 17.7 Å². The molecule has 4 rings (SSSR count). The predicted molar refractivity (Wildman–Crippen MR) is 127 cm³/mol. The summed E-state index contributed by atoms with van der Waals surface area (Å²) < 4.78 is 7.35. The van der Waals surface area contributed by atoms with E-state index < -0.39 is 0 Å². The molecule has 1 N–H and O–H groups in total. The average molecular weight is 435 g/mol. The molecule has 0 bridgehead atoms. The van der Waals surface area contributed by atoms with Gasteiger partial charge in [0, 0.05) is 20.6 Å². The summed E-state index contributed by atoms with van der Waals surface area (Å²) in [4.78, 5) is 21.2. The Morgan fingerprint density at radius 1 is 1.16 bits per heavy atom. The molecule has 2 aromatic heterocycles. The number of imidazole rings is 1. The number of carbonyl (C=O) groups excluding carboxylic acids is 1. The van der Waals surface area contributed by atoms with Gasteiger partial charge in [-0.15, -0.1) is 11.3 Å². The SMILES string of the molecule is COc1ccc(-n2c(N(C)C)nc3cc(C(=O)NC[C@H](C)c4ccccc4)sc32)cc1. The minimum Gasteiger partial charge on any atom is -0.497 e. The summed E-state index contributed by atoms with van der Waals surface area (Å²) in [7, 11) is 5.58. The van der Waals surface area contributed by atoms with Crippen LogP contribution in [0.2, 0.25) is 0 Å².